The molecule has 0 N–H and O–H groups in total. The molecule has 0 aromatic heterocycles. The molecule has 0 atom stereocenters. The number of imide groups is 1. The Bertz CT molecular complexity index is 957. The van der Waals surface area contributed by atoms with Crippen molar-refractivity contribution in [2.75, 3.05) is 7.11 Å². The molecular weight excluding hydrogens is 409 g/mol. The summed E-state index contributed by atoms with van der Waals surface area (Å²) in [6.45, 7) is 0.0687. The molecule has 2 aromatic rings. The molecule has 1 saturated heterocycles. The Morgan fingerprint density at radius 3 is 2.48 bits per heavy atom. The average Bonchev–Trinajstić information content (AvgIpc) is 2.91. The van der Waals surface area contributed by atoms with Gasteiger partial charge in [-0.1, -0.05) is 41.4 Å². The fourth-order valence-corrected chi connectivity index (χ4v) is 3.75. The number of hydrogen-bond donors (Lipinski definition) is 0. The minimum absolute atomic E-state index is 0.0687. The van der Waals surface area contributed by atoms with Crippen LogP contribution in [0.3, 0.4) is 0 Å². The molecule has 5 nitrogen and oxygen atoms in total. The molecule has 8 heteroatoms. The number of benzene rings is 2. The van der Waals surface area contributed by atoms with Crippen molar-refractivity contribution in [3.63, 3.8) is 0 Å². The summed E-state index contributed by atoms with van der Waals surface area (Å²) >= 11 is 12.9. The van der Waals surface area contributed by atoms with Crippen LogP contribution in [0.15, 0.2) is 47.4 Å². The highest BCUT2D eigenvalue weighted by Crippen LogP contribution is 2.34. The molecule has 27 heavy (non-hydrogen) atoms. The van der Waals surface area contributed by atoms with Crippen LogP contribution in [0.5, 0.6) is 0 Å². The highest BCUT2D eigenvalue weighted by Gasteiger charge is 2.35. The highest BCUT2D eigenvalue weighted by molar-refractivity contribution is 8.18. The Kier molecular flexibility index (Phi) is 5.89. The van der Waals surface area contributed by atoms with Crippen molar-refractivity contribution in [3.05, 3.63) is 74.1 Å². The highest BCUT2D eigenvalue weighted by atomic mass is 35.5. The molecule has 0 bridgehead atoms. The number of hydrogen-bond acceptors (Lipinski definition) is 5. The smallest absolute Gasteiger partial charge is 0.337 e. The van der Waals surface area contributed by atoms with Crippen molar-refractivity contribution in [1.29, 1.82) is 0 Å². The molecule has 2 aromatic carbocycles. The standard InChI is InChI=1S/C19H13Cl2NO4S/c1-26-18(24)12-4-2-11(3-5-12)8-16-17(23)22(19(25)27-16)10-13-6-7-14(20)9-15(13)21/h2-9H,10H2,1H3/b16-8-. The molecule has 1 fully saturated rings. The first-order chi connectivity index (χ1) is 12.9. The monoisotopic (exact) mass is 421 g/mol. The van der Waals surface area contributed by atoms with E-state index in [0.29, 0.717) is 31.6 Å². The lowest BCUT2D eigenvalue weighted by Crippen LogP contribution is -2.27. The van der Waals surface area contributed by atoms with Crippen LogP contribution < -0.4 is 0 Å². The third kappa shape index (κ3) is 4.35. The maximum atomic E-state index is 12.6. The number of amides is 2. The number of thioether (sulfide) groups is 1. The summed E-state index contributed by atoms with van der Waals surface area (Å²) in [6.07, 6.45) is 1.61. The third-order valence-corrected chi connectivity index (χ3v) is 5.34. The SMILES string of the molecule is COC(=O)c1ccc(/C=C2\SC(=O)N(Cc3ccc(Cl)cc3Cl)C2=O)cc1. The Labute approximate surface area is 169 Å². The van der Waals surface area contributed by atoms with Gasteiger partial charge in [-0.2, -0.15) is 0 Å². The largest absolute Gasteiger partial charge is 0.465 e. The van der Waals surface area contributed by atoms with Gasteiger partial charge in [0.25, 0.3) is 11.1 Å². The zero-order valence-corrected chi connectivity index (χ0v) is 16.4. The molecule has 1 aliphatic rings. The van der Waals surface area contributed by atoms with Crippen molar-refractivity contribution >= 4 is 58.2 Å². The summed E-state index contributed by atoms with van der Waals surface area (Å²) in [6, 6.07) is 11.4. The van der Waals surface area contributed by atoms with Crippen molar-refractivity contribution in [1.82, 2.24) is 4.90 Å². The first-order valence-corrected chi connectivity index (χ1v) is 9.34. The van der Waals surface area contributed by atoms with Crippen LogP contribution in [0.25, 0.3) is 6.08 Å². The number of rotatable bonds is 4. The first-order valence-electron chi connectivity index (χ1n) is 7.76. The van der Waals surface area contributed by atoms with Crippen LogP contribution >= 0.6 is 35.0 Å². The molecule has 0 saturated carbocycles. The Hall–Kier alpha value is -2.28. The predicted octanol–water partition coefficient (Wildman–Crippen LogP) is 5.02. The lowest BCUT2D eigenvalue weighted by molar-refractivity contribution is -0.123. The molecule has 3 rings (SSSR count). The van der Waals surface area contributed by atoms with Crippen molar-refractivity contribution in [2.24, 2.45) is 0 Å². The van der Waals surface area contributed by atoms with E-state index in [1.165, 1.54) is 7.11 Å². The van der Waals surface area contributed by atoms with E-state index in [1.807, 2.05) is 0 Å². The second-order valence-corrected chi connectivity index (χ2v) is 7.45. The zero-order valence-electron chi connectivity index (χ0n) is 14.1. The van der Waals surface area contributed by atoms with Gasteiger partial charge in [0.05, 0.1) is 24.1 Å². The van der Waals surface area contributed by atoms with Gasteiger partial charge in [0, 0.05) is 10.0 Å². The third-order valence-electron chi connectivity index (χ3n) is 3.85. The van der Waals surface area contributed by atoms with Crippen LogP contribution in [0.1, 0.15) is 21.5 Å². The normalized spacial score (nSPS) is 15.5. The van der Waals surface area contributed by atoms with Crippen LogP contribution in [0, 0.1) is 0 Å². The van der Waals surface area contributed by atoms with Crippen LogP contribution in [0.2, 0.25) is 10.0 Å². The van der Waals surface area contributed by atoms with Crippen LogP contribution in [0.4, 0.5) is 4.79 Å². The topological polar surface area (TPSA) is 63.7 Å². The maximum Gasteiger partial charge on any atom is 0.337 e. The summed E-state index contributed by atoms with van der Waals surface area (Å²) in [7, 11) is 1.30. The molecule has 0 unspecified atom stereocenters. The molecule has 0 spiro atoms. The lowest BCUT2D eigenvalue weighted by atomic mass is 10.1. The summed E-state index contributed by atoms with van der Waals surface area (Å²) in [4.78, 5) is 37.7. The van der Waals surface area contributed by atoms with Crippen molar-refractivity contribution in [3.8, 4) is 0 Å². The van der Waals surface area contributed by atoms with E-state index >= 15 is 0 Å². The molecule has 138 valence electrons. The zero-order chi connectivity index (χ0) is 19.6. The van der Waals surface area contributed by atoms with Gasteiger partial charge < -0.3 is 4.74 Å². The average molecular weight is 422 g/mol. The molecule has 0 radical (unpaired) electrons. The summed E-state index contributed by atoms with van der Waals surface area (Å²) in [5, 5.41) is 0.501. The van der Waals surface area contributed by atoms with E-state index in [2.05, 4.69) is 4.74 Å². The fourth-order valence-electron chi connectivity index (χ4n) is 2.44. The number of ether oxygens (including phenoxy) is 1. The number of nitrogens with zero attached hydrogens (tertiary/aromatic N) is 1. The Morgan fingerprint density at radius 2 is 1.85 bits per heavy atom. The van der Waals surface area contributed by atoms with Gasteiger partial charge >= 0.3 is 5.97 Å². The maximum absolute atomic E-state index is 12.6. The van der Waals surface area contributed by atoms with E-state index in [9.17, 15) is 14.4 Å². The molecule has 1 aliphatic heterocycles. The van der Waals surface area contributed by atoms with Gasteiger partial charge in [-0.15, -0.1) is 0 Å². The number of carbonyl (C=O) groups is 3. The predicted molar refractivity (Wildman–Crippen MR) is 106 cm³/mol. The van der Waals surface area contributed by atoms with E-state index in [1.54, 1.807) is 48.5 Å². The number of esters is 1. The summed E-state index contributed by atoms with van der Waals surface area (Å²) in [5.41, 5.74) is 1.73. The second kappa shape index (κ2) is 8.17. The summed E-state index contributed by atoms with van der Waals surface area (Å²) < 4.78 is 4.65. The van der Waals surface area contributed by atoms with Crippen LogP contribution in [-0.2, 0) is 16.1 Å². The molecular formula is C19H13Cl2NO4S. The van der Waals surface area contributed by atoms with Gasteiger partial charge in [-0.3, -0.25) is 14.5 Å². The van der Waals surface area contributed by atoms with E-state index in [4.69, 9.17) is 23.2 Å². The Balaban J connectivity index is 1.79. The van der Waals surface area contributed by atoms with E-state index < -0.39 is 11.9 Å². The lowest BCUT2D eigenvalue weighted by Gasteiger charge is -2.13. The van der Waals surface area contributed by atoms with Gasteiger partial charge in [0.1, 0.15) is 0 Å². The molecule has 2 amide bonds. The minimum Gasteiger partial charge on any atom is -0.465 e. The van der Waals surface area contributed by atoms with E-state index in [0.717, 1.165) is 16.7 Å². The van der Waals surface area contributed by atoms with Crippen LogP contribution in [-0.4, -0.2) is 29.1 Å². The molecule has 0 aliphatic carbocycles. The number of methoxy groups -OCH3 is 1. The Morgan fingerprint density at radius 1 is 1.15 bits per heavy atom. The number of halogens is 2. The molecule has 1 heterocycles. The second-order valence-electron chi connectivity index (χ2n) is 5.62. The first kappa shape index (κ1) is 19.5. The quantitative estimate of drug-likeness (QED) is 0.512. The minimum atomic E-state index is -0.443. The van der Waals surface area contributed by atoms with Crippen molar-refractivity contribution in [2.45, 2.75) is 6.54 Å². The van der Waals surface area contributed by atoms with E-state index in [-0.39, 0.29) is 11.8 Å². The summed E-state index contributed by atoms with van der Waals surface area (Å²) in [5.74, 6) is -0.838. The van der Waals surface area contributed by atoms with Crippen molar-refractivity contribution < 1.29 is 19.1 Å². The van der Waals surface area contributed by atoms with Gasteiger partial charge in [0.2, 0.25) is 0 Å². The fraction of sp³-hybridized carbons (Fsp3) is 0.105. The van der Waals surface area contributed by atoms with Gasteiger partial charge in [-0.05, 0) is 53.2 Å². The number of carbonyl (C=O) groups excluding carboxylic acids is 3. The van der Waals surface area contributed by atoms with Gasteiger partial charge in [0.15, 0.2) is 0 Å². The van der Waals surface area contributed by atoms with Gasteiger partial charge in [-0.25, -0.2) is 4.79 Å².